The highest BCUT2D eigenvalue weighted by molar-refractivity contribution is 7.93. The van der Waals surface area contributed by atoms with Crippen molar-refractivity contribution in [1.29, 1.82) is 0 Å². The second kappa shape index (κ2) is 40.0. The number of aromatic nitrogens is 3. The van der Waals surface area contributed by atoms with Gasteiger partial charge in [-0.3, -0.25) is 28.5 Å². The Labute approximate surface area is 660 Å². The number of carboxylic acid groups (broad SMARTS) is 3. The van der Waals surface area contributed by atoms with E-state index in [1.165, 1.54) is 66.7 Å². The van der Waals surface area contributed by atoms with Gasteiger partial charge < -0.3 is 56.5 Å². The maximum Gasteiger partial charge on any atom is 0.323 e. The van der Waals surface area contributed by atoms with Crippen LogP contribution in [0.4, 0.5) is 30.6 Å². The van der Waals surface area contributed by atoms with E-state index in [0.717, 1.165) is 66.1 Å². The zero-order valence-electron chi connectivity index (χ0n) is 56.3. The van der Waals surface area contributed by atoms with Crippen LogP contribution in [0.25, 0.3) is 0 Å². The summed E-state index contributed by atoms with van der Waals surface area (Å²) in [5, 5.41) is 38.5. The number of nitrogens with one attached hydrogen (secondary N) is 5. The van der Waals surface area contributed by atoms with Crippen molar-refractivity contribution in [2.24, 2.45) is 11.5 Å². The summed E-state index contributed by atoms with van der Waals surface area (Å²) in [7, 11) is -12.8. The molecule has 108 heavy (non-hydrogen) atoms. The van der Waals surface area contributed by atoms with E-state index >= 15 is 0 Å². The highest BCUT2D eigenvalue weighted by Crippen LogP contribution is 2.40. The molecule has 0 amide bonds. The summed E-state index contributed by atoms with van der Waals surface area (Å²) in [4.78, 5) is 44.4. The number of piperidine rings is 1. The molecule has 3 aromatic heterocycles. The van der Waals surface area contributed by atoms with E-state index in [0.29, 0.717) is 123 Å². The van der Waals surface area contributed by atoms with Crippen molar-refractivity contribution in [1.82, 2.24) is 30.5 Å². The minimum atomic E-state index is -4.26. The number of thiazole rings is 3. The number of nitrogens with two attached hydrogens (primary N) is 2. The largest absolute Gasteiger partial charge is 0.481 e. The van der Waals surface area contributed by atoms with E-state index in [2.05, 4.69) is 44.7 Å². The number of aliphatic carboxylic acids is 3. The second-order valence-corrected chi connectivity index (χ2v) is 33.3. The standard InChI is InChI=1S/C24H25Cl2FN4O5S2.C22H23Cl2FN4O5S2.C21H20Cl2FN3O5S2/c25-16-3-4-19(15(10-16)2-1-7-31-8-5-24(28,6-9-31)23(32)33)36-20-12-18(27)21(11-17(20)26)38(34,35)30-22-13-37-14-29-22;23-14-3-4-18(13(8-14)2-1-6-27-7-5-17(26)22(30)31)34-19-10-16(25)20(9-15(19)24)36(32,33)29-21-11-35-12-28-21;22-14-3-4-17(13(8-14)2-1-6-25-7-5-21(28)29)32-18-10-16(24)19(9-15(18)23)34(30,31)27-20-11-33-12-26-20/h3-4,10-14,30H,1-2,5-9,28H2,(H,32,33);3-4,8-12,17,27,29H,1-2,5-7,26H2,(H,30,31);3-4,8-12,25,27H,1-2,5-7H2,(H,28,29). The van der Waals surface area contributed by atoms with E-state index < -0.39 is 91.7 Å². The van der Waals surface area contributed by atoms with Gasteiger partial charge in [0.2, 0.25) is 0 Å². The summed E-state index contributed by atoms with van der Waals surface area (Å²) in [6.45, 7) is 3.87. The average molecular weight is 1730 g/mol. The number of sulfonamides is 3. The van der Waals surface area contributed by atoms with Gasteiger partial charge in [0, 0.05) is 69.0 Å². The maximum atomic E-state index is 14.9. The number of rotatable bonds is 35. The summed E-state index contributed by atoms with van der Waals surface area (Å²) in [6.07, 6.45) is 4.80. The Balaban J connectivity index is 0.000000204. The van der Waals surface area contributed by atoms with Gasteiger partial charge in [0.25, 0.3) is 30.1 Å². The Hall–Kier alpha value is -7.40. The van der Waals surface area contributed by atoms with Crippen LogP contribution < -0.4 is 50.5 Å². The number of aryl methyl sites for hydroxylation is 3. The molecule has 0 radical (unpaired) electrons. The third-order valence-corrected chi connectivity index (χ3v) is 23.2. The monoisotopic (exact) mass is 1730 g/mol. The van der Waals surface area contributed by atoms with Gasteiger partial charge in [-0.1, -0.05) is 69.6 Å². The van der Waals surface area contributed by atoms with Gasteiger partial charge in [0.1, 0.15) is 78.2 Å². The second-order valence-electron chi connectivity index (χ2n) is 23.6. The minimum absolute atomic E-state index is 0.0284. The lowest BCUT2D eigenvalue weighted by Gasteiger charge is -2.36. The fraction of sp³-hybridized carbons (Fsp3) is 0.284. The number of halogens is 9. The molecule has 1 unspecified atom stereocenters. The van der Waals surface area contributed by atoms with Gasteiger partial charge in [-0.25, -0.2) is 53.4 Å². The van der Waals surface area contributed by atoms with Crippen molar-refractivity contribution in [3.8, 4) is 34.5 Å². The van der Waals surface area contributed by atoms with Crippen LogP contribution in [0, 0.1) is 17.5 Å². The third-order valence-electron chi connectivity index (χ3n) is 15.7. The van der Waals surface area contributed by atoms with Crippen LogP contribution >= 0.6 is 104 Å². The Morgan fingerprint density at radius 2 is 0.870 bits per heavy atom. The molecule has 9 aromatic rings. The Morgan fingerprint density at radius 3 is 1.19 bits per heavy atom. The van der Waals surface area contributed by atoms with E-state index in [-0.39, 0.29) is 56.2 Å². The normalized spacial score (nSPS) is 13.2. The number of carboxylic acids is 3. The first-order valence-corrected chi connectivity index (χ1v) is 41.7. The molecule has 0 aliphatic carbocycles. The SMILES string of the molecule is NC(CCNCCCc1cc(Cl)ccc1Oc1cc(F)c(S(=O)(=O)Nc2cscn2)cc1Cl)C(=O)O.NC1(C(=O)O)CCN(CCCc2cc(Cl)ccc2Oc2cc(F)c(S(=O)(=O)Nc3cscn3)cc2Cl)CC1.O=C(O)CCNCCCc1cc(Cl)ccc1Oc1cc(F)c(S(=O)(=O)Nc2cscn2)cc1Cl. The fourth-order valence-electron chi connectivity index (χ4n) is 10.2. The van der Waals surface area contributed by atoms with E-state index in [1.54, 1.807) is 54.6 Å². The molecular formula is C67H68Cl6F3N11O15S6. The van der Waals surface area contributed by atoms with E-state index in [9.17, 15) is 57.9 Å². The molecular weight excluding hydrogens is 1660 g/mol. The number of anilines is 3. The molecule has 580 valence electrons. The first-order chi connectivity index (χ1) is 51.2. The smallest absolute Gasteiger partial charge is 0.323 e. The zero-order chi connectivity index (χ0) is 78.5. The molecule has 1 atom stereocenters. The number of hydrogen-bond acceptors (Lipinski definition) is 23. The number of likely N-dealkylation sites (tertiary alicyclic amines) is 1. The van der Waals surface area contributed by atoms with Crippen LogP contribution in [-0.2, 0) is 63.7 Å². The van der Waals surface area contributed by atoms with E-state index in [4.69, 9.17) is 105 Å². The van der Waals surface area contributed by atoms with Crippen molar-refractivity contribution in [2.75, 3.05) is 60.0 Å². The van der Waals surface area contributed by atoms with Crippen LogP contribution in [0.5, 0.6) is 34.5 Å². The first kappa shape index (κ1) is 86.2. The summed E-state index contributed by atoms with van der Waals surface area (Å²) < 4.78 is 144. The zero-order valence-corrected chi connectivity index (χ0v) is 65.7. The van der Waals surface area contributed by atoms with Gasteiger partial charge in [0.05, 0.1) is 38.0 Å². The minimum Gasteiger partial charge on any atom is -0.481 e. The topological polar surface area (TPSA) is 396 Å². The summed E-state index contributed by atoms with van der Waals surface area (Å²) in [6, 6.07) is 19.6. The Kier molecular flexibility index (Phi) is 31.9. The van der Waals surface area contributed by atoms with Gasteiger partial charge in [-0.05, 0) is 173 Å². The summed E-state index contributed by atoms with van der Waals surface area (Å²) in [5.41, 5.74) is 16.8. The molecule has 0 bridgehead atoms. The van der Waals surface area contributed by atoms with Crippen LogP contribution in [0.2, 0.25) is 30.1 Å². The average Bonchev–Trinajstić information content (AvgIpc) is 1.04. The fourth-order valence-corrected chi connectivity index (χ4v) is 16.5. The molecule has 6 aromatic carbocycles. The highest BCUT2D eigenvalue weighted by Gasteiger charge is 2.37. The number of nitrogens with zero attached hydrogens (tertiary/aromatic N) is 4. The van der Waals surface area contributed by atoms with Crippen LogP contribution in [0.15, 0.2) is 138 Å². The predicted octanol–water partition coefficient (Wildman–Crippen LogP) is 14.7. The molecule has 0 spiro atoms. The molecule has 1 aliphatic heterocycles. The van der Waals surface area contributed by atoms with Crippen LogP contribution in [0.1, 0.15) is 61.6 Å². The number of ether oxygens (including phenoxy) is 3. The van der Waals surface area contributed by atoms with Gasteiger partial charge >= 0.3 is 17.9 Å². The number of carbonyl (C=O) groups is 3. The molecule has 1 fully saturated rings. The van der Waals surface area contributed by atoms with Crippen molar-refractivity contribution in [3.63, 3.8) is 0 Å². The van der Waals surface area contributed by atoms with Crippen LogP contribution in [-0.4, -0.2) is 136 Å². The highest BCUT2D eigenvalue weighted by atomic mass is 35.5. The van der Waals surface area contributed by atoms with Crippen molar-refractivity contribution < 1.29 is 82.3 Å². The first-order valence-electron chi connectivity index (χ1n) is 32.1. The van der Waals surface area contributed by atoms with Crippen molar-refractivity contribution >= 4 is 169 Å². The lowest BCUT2D eigenvalue weighted by molar-refractivity contribution is -0.145. The van der Waals surface area contributed by atoms with Crippen molar-refractivity contribution in [2.45, 2.75) is 90.5 Å². The lowest BCUT2D eigenvalue weighted by atomic mass is 9.89. The molecule has 41 heteroatoms. The Bertz CT molecular complexity index is 4950. The number of hydrogen-bond donors (Lipinski definition) is 10. The quantitative estimate of drug-likeness (QED) is 0.0165. The lowest BCUT2D eigenvalue weighted by Crippen LogP contribution is -2.55. The third kappa shape index (κ3) is 25.6. The number of benzene rings is 6. The molecule has 1 saturated heterocycles. The van der Waals surface area contributed by atoms with Gasteiger partial charge in [0.15, 0.2) is 17.5 Å². The molecule has 0 saturated carbocycles. The predicted molar refractivity (Wildman–Crippen MR) is 411 cm³/mol. The van der Waals surface area contributed by atoms with Crippen LogP contribution in [0.3, 0.4) is 0 Å². The Morgan fingerprint density at radius 1 is 0.519 bits per heavy atom. The molecule has 12 N–H and O–H groups in total. The summed E-state index contributed by atoms with van der Waals surface area (Å²) in [5.74, 6) is -4.82. The van der Waals surface area contributed by atoms with E-state index in [1.807, 2.05) is 0 Å². The van der Waals surface area contributed by atoms with Gasteiger partial charge in [-0.15, -0.1) is 34.0 Å². The van der Waals surface area contributed by atoms with Gasteiger partial charge in [-0.2, -0.15) is 0 Å². The molecule has 10 rings (SSSR count). The van der Waals surface area contributed by atoms with Crippen molar-refractivity contribution in [3.05, 3.63) is 188 Å². The molecule has 1 aliphatic rings. The maximum absolute atomic E-state index is 14.9. The molecule has 26 nitrogen and oxygen atoms in total. The summed E-state index contributed by atoms with van der Waals surface area (Å²) >= 11 is 40.7. The molecule has 4 heterocycles.